The molecule has 5 heteroatoms. The molecule has 1 N–H and O–H groups in total. The van der Waals surface area contributed by atoms with E-state index in [1.165, 1.54) is 6.07 Å². The molecule has 0 fully saturated rings. The molecule has 2 rings (SSSR count). The van der Waals surface area contributed by atoms with Crippen LogP contribution in [0.2, 0.25) is 0 Å². The van der Waals surface area contributed by atoms with Gasteiger partial charge in [-0.15, -0.1) is 0 Å². The van der Waals surface area contributed by atoms with E-state index in [-0.39, 0.29) is 11.1 Å². The average Bonchev–Trinajstić information content (AvgIpc) is 2.50. The second-order valence-electron chi connectivity index (χ2n) is 6.65. The molecular weight excluding hydrogens is 312 g/mol. The molecule has 0 saturated heterocycles. The van der Waals surface area contributed by atoms with Gasteiger partial charge in [0.25, 0.3) is 5.91 Å². The van der Waals surface area contributed by atoms with E-state index in [4.69, 9.17) is 4.74 Å². The number of amides is 1. The van der Waals surface area contributed by atoms with Gasteiger partial charge in [0.1, 0.15) is 5.75 Å². The van der Waals surface area contributed by atoms with Crippen LogP contribution in [0.25, 0.3) is 0 Å². The zero-order chi connectivity index (χ0) is 17.9. The highest BCUT2D eigenvalue weighted by Crippen LogP contribution is 2.24. The third-order valence-electron chi connectivity index (χ3n) is 3.59. The summed E-state index contributed by atoms with van der Waals surface area (Å²) in [5.41, 5.74) is 1.37. The van der Waals surface area contributed by atoms with Crippen LogP contribution in [-0.2, 0) is 10.2 Å². The van der Waals surface area contributed by atoms with Gasteiger partial charge in [0, 0.05) is 11.8 Å². The maximum absolute atomic E-state index is 13.2. The molecule has 2 aromatic carbocycles. The van der Waals surface area contributed by atoms with Crippen molar-refractivity contribution < 1.29 is 18.3 Å². The lowest BCUT2D eigenvalue weighted by atomic mass is 9.87. The zero-order valence-corrected chi connectivity index (χ0v) is 14.2. The summed E-state index contributed by atoms with van der Waals surface area (Å²) in [7, 11) is 0. The van der Waals surface area contributed by atoms with Crippen LogP contribution in [0, 0.1) is 11.6 Å². The van der Waals surface area contributed by atoms with Gasteiger partial charge in [-0.05, 0) is 42.2 Å². The molecule has 0 spiro atoms. The number of benzene rings is 2. The summed E-state index contributed by atoms with van der Waals surface area (Å²) in [6, 6.07) is 10.7. The largest absolute Gasteiger partial charge is 0.481 e. The van der Waals surface area contributed by atoms with E-state index in [1.54, 1.807) is 6.92 Å². The van der Waals surface area contributed by atoms with Gasteiger partial charge in [-0.2, -0.15) is 0 Å². The highest BCUT2D eigenvalue weighted by molar-refractivity contribution is 5.94. The summed E-state index contributed by atoms with van der Waals surface area (Å²) in [5.74, 6) is -1.85. The van der Waals surface area contributed by atoms with Gasteiger partial charge in [0.15, 0.2) is 17.7 Å². The second-order valence-corrected chi connectivity index (χ2v) is 6.65. The third-order valence-corrected chi connectivity index (χ3v) is 3.59. The smallest absolute Gasteiger partial charge is 0.265 e. The first-order chi connectivity index (χ1) is 11.2. The number of rotatable bonds is 4. The van der Waals surface area contributed by atoms with Crippen molar-refractivity contribution in [2.45, 2.75) is 39.2 Å². The monoisotopic (exact) mass is 333 g/mol. The first kappa shape index (κ1) is 17.9. The fourth-order valence-electron chi connectivity index (χ4n) is 2.11. The maximum atomic E-state index is 13.2. The molecule has 24 heavy (non-hydrogen) atoms. The van der Waals surface area contributed by atoms with Crippen LogP contribution in [0.3, 0.4) is 0 Å². The Morgan fingerprint density at radius 1 is 1.04 bits per heavy atom. The van der Waals surface area contributed by atoms with Crippen molar-refractivity contribution in [2.75, 3.05) is 5.32 Å². The van der Waals surface area contributed by atoms with Crippen molar-refractivity contribution in [3.8, 4) is 5.75 Å². The number of hydrogen-bond donors (Lipinski definition) is 1. The lowest BCUT2D eigenvalue weighted by Crippen LogP contribution is -2.30. The Balaban J connectivity index is 1.99. The van der Waals surface area contributed by atoms with Crippen molar-refractivity contribution in [3.05, 3.63) is 59.7 Å². The number of carbonyl (C=O) groups excluding carboxylic acids is 1. The SMILES string of the molecule is C[C@H](Oc1ccc(C(C)(C)C)cc1)C(=O)Nc1ccc(F)c(F)c1. The number of ether oxygens (including phenoxy) is 1. The van der Waals surface area contributed by atoms with Crippen molar-refractivity contribution in [3.63, 3.8) is 0 Å². The molecule has 0 heterocycles. The third kappa shape index (κ3) is 4.54. The van der Waals surface area contributed by atoms with Crippen molar-refractivity contribution in [2.24, 2.45) is 0 Å². The van der Waals surface area contributed by atoms with E-state index in [1.807, 2.05) is 24.3 Å². The van der Waals surface area contributed by atoms with E-state index in [0.29, 0.717) is 5.75 Å². The van der Waals surface area contributed by atoms with Crippen LogP contribution < -0.4 is 10.1 Å². The molecule has 3 nitrogen and oxygen atoms in total. The lowest BCUT2D eigenvalue weighted by Gasteiger charge is -2.20. The highest BCUT2D eigenvalue weighted by Gasteiger charge is 2.17. The van der Waals surface area contributed by atoms with Gasteiger partial charge in [0.05, 0.1) is 0 Å². The Morgan fingerprint density at radius 3 is 2.21 bits per heavy atom. The van der Waals surface area contributed by atoms with Gasteiger partial charge < -0.3 is 10.1 Å². The van der Waals surface area contributed by atoms with Gasteiger partial charge >= 0.3 is 0 Å². The molecule has 0 saturated carbocycles. The molecule has 0 bridgehead atoms. The molecule has 2 aromatic rings. The van der Waals surface area contributed by atoms with Crippen molar-refractivity contribution in [1.29, 1.82) is 0 Å². The normalized spacial score (nSPS) is 12.6. The van der Waals surface area contributed by atoms with Crippen molar-refractivity contribution >= 4 is 11.6 Å². The number of anilines is 1. The van der Waals surface area contributed by atoms with Crippen LogP contribution in [0.4, 0.5) is 14.5 Å². The lowest BCUT2D eigenvalue weighted by molar-refractivity contribution is -0.122. The summed E-state index contributed by atoms with van der Waals surface area (Å²) in [5, 5.41) is 2.50. The average molecular weight is 333 g/mol. The predicted molar refractivity (Wildman–Crippen MR) is 90.2 cm³/mol. The molecule has 1 amide bonds. The van der Waals surface area contributed by atoms with E-state index in [2.05, 4.69) is 26.1 Å². The number of nitrogens with one attached hydrogen (secondary N) is 1. The van der Waals surface area contributed by atoms with E-state index in [0.717, 1.165) is 17.7 Å². The van der Waals surface area contributed by atoms with E-state index in [9.17, 15) is 13.6 Å². The Labute approximate surface area is 140 Å². The summed E-state index contributed by atoms with van der Waals surface area (Å²) in [6.07, 6.45) is -0.779. The summed E-state index contributed by atoms with van der Waals surface area (Å²) < 4.78 is 31.6. The van der Waals surface area contributed by atoms with Gasteiger partial charge in [0.2, 0.25) is 0 Å². The number of carbonyl (C=O) groups is 1. The predicted octanol–water partition coefficient (Wildman–Crippen LogP) is 4.67. The standard InChI is InChI=1S/C19H21F2NO2/c1-12(18(23)22-14-7-10-16(20)17(21)11-14)24-15-8-5-13(6-9-15)19(2,3)4/h5-12H,1-4H3,(H,22,23)/t12-/m0/s1. The first-order valence-corrected chi connectivity index (χ1v) is 7.70. The minimum Gasteiger partial charge on any atom is -0.481 e. The molecule has 0 radical (unpaired) electrons. The van der Waals surface area contributed by atoms with Crippen LogP contribution in [0.5, 0.6) is 5.75 Å². The van der Waals surface area contributed by atoms with Crippen LogP contribution in [0.15, 0.2) is 42.5 Å². The Kier molecular flexibility index (Phi) is 5.22. The summed E-state index contributed by atoms with van der Waals surface area (Å²) in [4.78, 5) is 12.1. The fourth-order valence-corrected chi connectivity index (χ4v) is 2.11. The quantitative estimate of drug-likeness (QED) is 0.883. The van der Waals surface area contributed by atoms with Crippen molar-refractivity contribution in [1.82, 2.24) is 0 Å². The topological polar surface area (TPSA) is 38.3 Å². The number of halogens is 2. The Bertz CT molecular complexity index is 721. The Hall–Kier alpha value is -2.43. The highest BCUT2D eigenvalue weighted by atomic mass is 19.2. The molecule has 0 aliphatic heterocycles. The molecule has 1 atom stereocenters. The first-order valence-electron chi connectivity index (χ1n) is 7.70. The summed E-state index contributed by atoms with van der Waals surface area (Å²) >= 11 is 0. The fraction of sp³-hybridized carbons (Fsp3) is 0.316. The maximum Gasteiger partial charge on any atom is 0.265 e. The molecule has 0 aromatic heterocycles. The molecular formula is C19H21F2NO2. The van der Waals surface area contributed by atoms with Crippen LogP contribution >= 0.6 is 0 Å². The summed E-state index contributed by atoms with van der Waals surface area (Å²) in [6.45, 7) is 7.93. The minimum atomic E-state index is -1.01. The molecule has 0 aliphatic rings. The second kappa shape index (κ2) is 6.99. The van der Waals surface area contributed by atoms with Crippen LogP contribution in [0.1, 0.15) is 33.3 Å². The van der Waals surface area contributed by atoms with Gasteiger partial charge in [-0.3, -0.25) is 4.79 Å². The molecule has 128 valence electrons. The minimum absolute atomic E-state index is 0.0359. The zero-order valence-electron chi connectivity index (χ0n) is 14.2. The van der Waals surface area contributed by atoms with E-state index >= 15 is 0 Å². The van der Waals surface area contributed by atoms with Gasteiger partial charge in [-0.25, -0.2) is 8.78 Å². The Morgan fingerprint density at radius 2 is 1.67 bits per heavy atom. The molecule has 0 aliphatic carbocycles. The molecule has 0 unspecified atom stereocenters. The van der Waals surface area contributed by atoms with E-state index < -0.39 is 23.6 Å². The number of hydrogen-bond acceptors (Lipinski definition) is 2. The van der Waals surface area contributed by atoms with Gasteiger partial charge in [-0.1, -0.05) is 32.9 Å². The van der Waals surface area contributed by atoms with Crippen LogP contribution in [-0.4, -0.2) is 12.0 Å².